The Morgan fingerprint density at radius 2 is 2.17 bits per heavy atom. The molecule has 1 aliphatic heterocycles. The molecule has 0 radical (unpaired) electrons. The maximum atomic E-state index is 12.5. The van der Waals surface area contributed by atoms with Crippen LogP contribution in [0.25, 0.3) is 0 Å². The van der Waals surface area contributed by atoms with E-state index in [4.69, 9.17) is 5.11 Å². The summed E-state index contributed by atoms with van der Waals surface area (Å²) in [5.74, 6) is 1.97. The fourth-order valence-corrected chi connectivity index (χ4v) is 3.72. The Bertz CT molecular complexity index is 155. The Balaban J connectivity index is 2.21. The molecular formula is C8H13FOS2. The SMILES string of the molecule is OC/C(F)=C\CC1SCCCS1. The number of hydrogen-bond acceptors (Lipinski definition) is 3. The van der Waals surface area contributed by atoms with Crippen LogP contribution < -0.4 is 0 Å². The minimum atomic E-state index is -0.456. The van der Waals surface area contributed by atoms with E-state index in [0.717, 1.165) is 6.42 Å². The Morgan fingerprint density at radius 1 is 1.50 bits per heavy atom. The minimum Gasteiger partial charge on any atom is -0.389 e. The van der Waals surface area contributed by atoms with Crippen LogP contribution in [-0.4, -0.2) is 27.8 Å². The van der Waals surface area contributed by atoms with Crippen molar-refractivity contribution in [2.45, 2.75) is 17.4 Å². The van der Waals surface area contributed by atoms with E-state index in [1.165, 1.54) is 24.0 Å². The molecular weight excluding hydrogens is 195 g/mol. The molecule has 4 heteroatoms. The summed E-state index contributed by atoms with van der Waals surface area (Å²) in [6.45, 7) is -0.456. The first-order valence-electron chi connectivity index (χ1n) is 4.01. The van der Waals surface area contributed by atoms with Gasteiger partial charge < -0.3 is 5.11 Å². The Hall–Kier alpha value is 0.330. The highest BCUT2D eigenvalue weighted by atomic mass is 32.2. The molecule has 0 aromatic carbocycles. The van der Waals surface area contributed by atoms with E-state index in [9.17, 15) is 4.39 Å². The molecule has 12 heavy (non-hydrogen) atoms. The highest BCUT2D eigenvalue weighted by molar-refractivity contribution is 8.17. The fourth-order valence-electron chi connectivity index (χ4n) is 0.961. The van der Waals surface area contributed by atoms with E-state index >= 15 is 0 Å². The zero-order valence-electron chi connectivity index (χ0n) is 6.83. The van der Waals surface area contributed by atoms with Gasteiger partial charge >= 0.3 is 0 Å². The van der Waals surface area contributed by atoms with Gasteiger partial charge in [-0.3, -0.25) is 0 Å². The second-order valence-electron chi connectivity index (χ2n) is 2.57. The summed E-state index contributed by atoms with van der Waals surface area (Å²) in [4.78, 5) is 0. The largest absolute Gasteiger partial charge is 0.389 e. The molecule has 1 aliphatic rings. The first-order chi connectivity index (χ1) is 5.83. The standard InChI is InChI=1S/C8H13FOS2/c9-7(6-10)2-3-8-11-4-1-5-12-8/h2,8,10H,1,3-6H2/b7-2+. The number of halogens is 1. The topological polar surface area (TPSA) is 20.2 Å². The van der Waals surface area contributed by atoms with Crippen molar-refractivity contribution >= 4 is 23.5 Å². The van der Waals surface area contributed by atoms with Gasteiger partial charge in [-0.1, -0.05) is 0 Å². The van der Waals surface area contributed by atoms with Gasteiger partial charge in [0.1, 0.15) is 5.83 Å². The molecule has 1 fully saturated rings. The summed E-state index contributed by atoms with van der Waals surface area (Å²) < 4.78 is 13.0. The van der Waals surface area contributed by atoms with Crippen LogP contribution in [-0.2, 0) is 0 Å². The van der Waals surface area contributed by atoms with Crippen LogP contribution in [0.1, 0.15) is 12.8 Å². The smallest absolute Gasteiger partial charge is 0.121 e. The van der Waals surface area contributed by atoms with Crippen molar-refractivity contribution in [2.75, 3.05) is 18.1 Å². The Kier molecular flexibility index (Phi) is 5.11. The number of rotatable bonds is 3. The Labute approximate surface area is 80.8 Å². The monoisotopic (exact) mass is 208 g/mol. The van der Waals surface area contributed by atoms with E-state index in [2.05, 4.69) is 0 Å². The molecule has 0 aromatic rings. The maximum Gasteiger partial charge on any atom is 0.121 e. The number of aliphatic hydroxyl groups is 1. The number of allylic oxidation sites excluding steroid dienone is 1. The van der Waals surface area contributed by atoms with Crippen molar-refractivity contribution in [1.82, 2.24) is 0 Å². The van der Waals surface area contributed by atoms with E-state index in [1.807, 2.05) is 23.5 Å². The lowest BCUT2D eigenvalue weighted by Crippen LogP contribution is -2.05. The molecule has 0 saturated carbocycles. The van der Waals surface area contributed by atoms with Crippen molar-refractivity contribution in [3.63, 3.8) is 0 Å². The molecule has 1 saturated heterocycles. The minimum absolute atomic E-state index is 0.401. The first kappa shape index (κ1) is 10.4. The highest BCUT2D eigenvalue weighted by Crippen LogP contribution is 2.33. The average Bonchev–Trinajstić information content (AvgIpc) is 2.16. The molecule has 70 valence electrons. The first-order valence-corrected chi connectivity index (χ1v) is 6.11. The lowest BCUT2D eigenvalue weighted by Gasteiger charge is -2.18. The van der Waals surface area contributed by atoms with Gasteiger partial charge in [-0.25, -0.2) is 4.39 Å². The third-order valence-corrected chi connectivity index (χ3v) is 4.57. The predicted molar refractivity (Wildman–Crippen MR) is 54.2 cm³/mol. The van der Waals surface area contributed by atoms with Crippen LogP contribution in [0.3, 0.4) is 0 Å². The summed E-state index contributed by atoms with van der Waals surface area (Å²) in [5.41, 5.74) is 0. The molecule has 0 atom stereocenters. The van der Waals surface area contributed by atoms with Gasteiger partial charge in [0.15, 0.2) is 0 Å². The third-order valence-electron chi connectivity index (χ3n) is 1.58. The summed E-state index contributed by atoms with van der Waals surface area (Å²) in [6, 6.07) is 0. The highest BCUT2D eigenvalue weighted by Gasteiger charge is 2.12. The fraction of sp³-hybridized carbons (Fsp3) is 0.750. The molecule has 0 spiro atoms. The maximum absolute atomic E-state index is 12.5. The number of thioether (sulfide) groups is 2. The summed E-state index contributed by atoms with van der Waals surface area (Å²) in [5, 5.41) is 8.41. The van der Waals surface area contributed by atoms with Crippen LogP contribution in [0.5, 0.6) is 0 Å². The second kappa shape index (κ2) is 5.89. The van der Waals surface area contributed by atoms with Gasteiger partial charge in [0.2, 0.25) is 0 Å². The summed E-state index contributed by atoms with van der Waals surface area (Å²) in [7, 11) is 0. The molecule has 1 N–H and O–H groups in total. The molecule has 0 unspecified atom stereocenters. The Morgan fingerprint density at radius 3 is 2.75 bits per heavy atom. The van der Waals surface area contributed by atoms with E-state index < -0.39 is 12.4 Å². The van der Waals surface area contributed by atoms with Crippen molar-refractivity contribution in [1.29, 1.82) is 0 Å². The predicted octanol–water partition coefficient (Wildman–Crippen LogP) is 2.42. The summed E-state index contributed by atoms with van der Waals surface area (Å²) >= 11 is 3.77. The lowest BCUT2D eigenvalue weighted by molar-refractivity contribution is 0.297. The molecule has 0 aromatic heterocycles. The van der Waals surface area contributed by atoms with Gasteiger partial charge in [0.25, 0.3) is 0 Å². The van der Waals surface area contributed by atoms with Crippen molar-refractivity contribution in [3.8, 4) is 0 Å². The lowest BCUT2D eigenvalue weighted by atomic mass is 10.4. The zero-order chi connectivity index (χ0) is 8.81. The number of hydrogen-bond donors (Lipinski definition) is 1. The van der Waals surface area contributed by atoms with Gasteiger partial charge in [-0.2, -0.15) is 0 Å². The van der Waals surface area contributed by atoms with Crippen LogP contribution >= 0.6 is 23.5 Å². The van der Waals surface area contributed by atoms with Gasteiger partial charge in [0.05, 0.1) is 11.2 Å². The van der Waals surface area contributed by atoms with Crippen molar-refractivity contribution in [3.05, 3.63) is 11.9 Å². The number of aliphatic hydroxyl groups excluding tert-OH is 1. The molecule has 1 heterocycles. The van der Waals surface area contributed by atoms with Gasteiger partial charge in [-0.05, 0) is 30.4 Å². The second-order valence-corrected chi connectivity index (χ2v) is 5.49. The van der Waals surface area contributed by atoms with E-state index in [-0.39, 0.29) is 0 Å². The zero-order valence-corrected chi connectivity index (χ0v) is 8.46. The third kappa shape index (κ3) is 3.83. The molecule has 0 aliphatic carbocycles. The van der Waals surface area contributed by atoms with Gasteiger partial charge in [-0.15, -0.1) is 23.5 Å². The van der Waals surface area contributed by atoms with Crippen molar-refractivity contribution < 1.29 is 9.50 Å². The van der Waals surface area contributed by atoms with Crippen LogP contribution in [0.4, 0.5) is 4.39 Å². The van der Waals surface area contributed by atoms with Crippen LogP contribution in [0, 0.1) is 0 Å². The molecule has 1 rings (SSSR count). The van der Waals surface area contributed by atoms with E-state index in [1.54, 1.807) is 0 Å². The van der Waals surface area contributed by atoms with Crippen LogP contribution in [0.15, 0.2) is 11.9 Å². The van der Waals surface area contributed by atoms with Gasteiger partial charge in [0, 0.05) is 0 Å². The summed E-state index contributed by atoms with van der Waals surface area (Å²) in [6.07, 6.45) is 3.50. The average molecular weight is 208 g/mol. The van der Waals surface area contributed by atoms with Crippen molar-refractivity contribution in [2.24, 2.45) is 0 Å². The molecule has 0 bridgehead atoms. The quantitative estimate of drug-likeness (QED) is 0.769. The normalized spacial score (nSPS) is 21.3. The van der Waals surface area contributed by atoms with E-state index in [0.29, 0.717) is 4.58 Å². The molecule has 1 nitrogen and oxygen atoms in total. The van der Waals surface area contributed by atoms with Crippen LogP contribution in [0.2, 0.25) is 0 Å². The molecule has 0 amide bonds.